The molecule has 2 N–H and O–H groups in total. The summed E-state index contributed by atoms with van der Waals surface area (Å²) in [5.41, 5.74) is 1.78. The average molecular weight is 328 g/mol. The van der Waals surface area contributed by atoms with Gasteiger partial charge in [0, 0.05) is 17.3 Å². The standard InChI is InChI=1S/C18H24N4O2/c1-6-24-16(23)13-9-7-8-10-14(13)20-17-19-12(2)11-15(21-17)22-18(3,4)5/h7-11H,6H2,1-5H3,(H2,19,20,21,22). The summed E-state index contributed by atoms with van der Waals surface area (Å²) < 4.78 is 5.09. The molecule has 6 nitrogen and oxygen atoms in total. The van der Waals surface area contributed by atoms with Gasteiger partial charge in [-0.2, -0.15) is 4.98 Å². The van der Waals surface area contributed by atoms with Gasteiger partial charge in [0.05, 0.1) is 17.9 Å². The van der Waals surface area contributed by atoms with Crippen molar-refractivity contribution in [1.29, 1.82) is 0 Å². The fraction of sp³-hybridized carbons (Fsp3) is 0.389. The maximum atomic E-state index is 12.1. The van der Waals surface area contributed by atoms with E-state index in [-0.39, 0.29) is 11.5 Å². The number of aromatic nitrogens is 2. The molecule has 2 rings (SSSR count). The summed E-state index contributed by atoms with van der Waals surface area (Å²) in [6.45, 7) is 10.2. The van der Waals surface area contributed by atoms with Gasteiger partial charge in [-0.05, 0) is 46.8 Å². The SMILES string of the molecule is CCOC(=O)c1ccccc1Nc1nc(C)cc(NC(C)(C)C)n1. The van der Waals surface area contributed by atoms with Gasteiger partial charge in [0.15, 0.2) is 0 Å². The molecule has 24 heavy (non-hydrogen) atoms. The second-order valence-corrected chi connectivity index (χ2v) is 6.48. The Bertz CT molecular complexity index is 723. The zero-order valence-corrected chi connectivity index (χ0v) is 14.8. The lowest BCUT2D eigenvalue weighted by molar-refractivity contribution is 0.0527. The van der Waals surface area contributed by atoms with Gasteiger partial charge in [-0.3, -0.25) is 0 Å². The van der Waals surface area contributed by atoms with Crippen LogP contribution in [0.5, 0.6) is 0 Å². The molecule has 0 spiro atoms. The Morgan fingerprint density at radius 3 is 2.58 bits per heavy atom. The van der Waals surface area contributed by atoms with Crippen molar-refractivity contribution in [1.82, 2.24) is 9.97 Å². The van der Waals surface area contributed by atoms with E-state index in [9.17, 15) is 4.79 Å². The Balaban J connectivity index is 2.30. The van der Waals surface area contributed by atoms with Crippen molar-refractivity contribution in [2.24, 2.45) is 0 Å². The molecule has 0 aliphatic rings. The van der Waals surface area contributed by atoms with Crippen LogP contribution in [-0.4, -0.2) is 28.1 Å². The number of anilines is 3. The first-order valence-corrected chi connectivity index (χ1v) is 7.95. The van der Waals surface area contributed by atoms with E-state index in [1.165, 1.54) is 0 Å². The smallest absolute Gasteiger partial charge is 0.340 e. The van der Waals surface area contributed by atoms with Crippen LogP contribution in [0.4, 0.5) is 17.5 Å². The summed E-state index contributed by atoms with van der Waals surface area (Å²) in [5.74, 6) is 0.783. The molecule has 0 saturated heterocycles. The largest absolute Gasteiger partial charge is 0.462 e. The molecule has 0 radical (unpaired) electrons. The van der Waals surface area contributed by atoms with E-state index in [2.05, 4.69) is 41.4 Å². The highest BCUT2D eigenvalue weighted by Crippen LogP contribution is 2.22. The normalized spacial score (nSPS) is 11.0. The van der Waals surface area contributed by atoms with Crippen molar-refractivity contribution >= 4 is 23.4 Å². The molecule has 0 saturated carbocycles. The number of para-hydroxylation sites is 1. The van der Waals surface area contributed by atoms with Crippen LogP contribution < -0.4 is 10.6 Å². The highest BCUT2D eigenvalue weighted by atomic mass is 16.5. The first-order valence-electron chi connectivity index (χ1n) is 7.95. The van der Waals surface area contributed by atoms with Crippen molar-refractivity contribution in [3.63, 3.8) is 0 Å². The number of aryl methyl sites for hydroxylation is 1. The fourth-order valence-electron chi connectivity index (χ4n) is 2.17. The number of esters is 1. The molecule has 0 aliphatic carbocycles. The Morgan fingerprint density at radius 2 is 1.92 bits per heavy atom. The average Bonchev–Trinajstić information content (AvgIpc) is 2.45. The first kappa shape index (κ1) is 17.7. The Hall–Kier alpha value is -2.63. The summed E-state index contributed by atoms with van der Waals surface area (Å²) in [7, 11) is 0. The van der Waals surface area contributed by atoms with Crippen LogP contribution in [0.1, 0.15) is 43.7 Å². The molecule has 1 aromatic heterocycles. The van der Waals surface area contributed by atoms with Crippen molar-refractivity contribution in [2.75, 3.05) is 17.2 Å². The summed E-state index contributed by atoms with van der Waals surface area (Å²) in [6, 6.07) is 9.03. The van der Waals surface area contributed by atoms with Crippen molar-refractivity contribution < 1.29 is 9.53 Å². The third-order valence-corrected chi connectivity index (χ3v) is 3.03. The van der Waals surface area contributed by atoms with Crippen LogP contribution >= 0.6 is 0 Å². The summed E-state index contributed by atoms with van der Waals surface area (Å²) in [4.78, 5) is 20.9. The third kappa shape index (κ3) is 4.94. The van der Waals surface area contributed by atoms with Gasteiger partial charge in [-0.25, -0.2) is 9.78 Å². The van der Waals surface area contributed by atoms with Crippen molar-refractivity contribution in [3.8, 4) is 0 Å². The van der Waals surface area contributed by atoms with E-state index >= 15 is 0 Å². The van der Waals surface area contributed by atoms with Gasteiger partial charge in [0.1, 0.15) is 5.82 Å². The van der Waals surface area contributed by atoms with E-state index in [4.69, 9.17) is 4.74 Å². The zero-order chi connectivity index (χ0) is 17.7. The van der Waals surface area contributed by atoms with Gasteiger partial charge in [0.2, 0.25) is 5.95 Å². The van der Waals surface area contributed by atoms with Crippen LogP contribution in [0.3, 0.4) is 0 Å². The van der Waals surface area contributed by atoms with E-state index in [1.807, 2.05) is 19.1 Å². The Kier molecular flexibility index (Phi) is 5.39. The van der Waals surface area contributed by atoms with Gasteiger partial charge < -0.3 is 15.4 Å². The topological polar surface area (TPSA) is 76.1 Å². The Morgan fingerprint density at radius 1 is 1.21 bits per heavy atom. The molecule has 0 unspecified atom stereocenters. The quantitative estimate of drug-likeness (QED) is 0.810. The number of hydrogen-bond donors (Lipinski definition) is 2. The van der Waals surface area contributed by atoms with Crippen LogP contribution in [0.2, 0.25) is 0 Å². The lowest BCUT2D eigenvalue weighted by atomic mass is 10.1. The lowest BCUT2D eigenvalue weighted by Crippen LogP contribution is -2.27. The molecular formula is C18H24N4O2. The molecule has 0 bridgehead atoms. The zero-order valence-electron chi connectivity index (χ0n) is 14.8. The fourth-order valence-corrected chi connectivity index (χ4v) is 2.17. The number of ether oxygens (including phenoxy) is 1. The number of rotatable bonds is 5. The van der Waals surface area contributed by atoms with Crippen molar-refractivity contribution in [2.45, 2.75) is 40.2 Å². The van der Waals surface area contributed by atoms with Crippen molar-refractivity contribution in [3.05, 3.63) is 41.6 Å². The minimum atomic E-state index is -0.374. The highest BCUT2D eigenvalue weighted by molar-refractivity contribution is 5.96. The monoisotopic (exact) mass is 328 g/mol. The minimum Gasteiger partial charge on any atom is -0.462 e. The van der Waals surface area contributed by atoms with E-state index in [1.54, 1.807) is 25.1 Å². The molecule has 1 aromatic carbocycles. The first-order chi connectivity index (χ1) is 11.3. The number of carbonyl (C=O) groups is 1. The predicted octanol–water partition coefficient (Wildman–Crippen LogP) is 3.92. The number of carbonyl (C=O) groups excluding carboxylic acids is 1. The second-order valence-electron chi connectivity index (χ2n) is 6.48. The predicted molar refractivity (Wildman–Crippen MR) is 95.8 cm³/mol. The Labute approximate surface area is 142 Å². The maximum Gasteiger partial charge on any atom is 0.340 e. The second kappa shape index (κ2) is 7.29. The molecule has 2 aromatic rings. The van der Waals surface area contributed by atoms with Gasteiger partial charge in [-0.15, -0.1) is 0 Å². The van der Waals surface area contributed by atoms with Crippen LogP contribution in [0.15, 0.2) is 30.3 Å². The summed E-state index contributed by atoms with van der Waals surface area (Å²) in [5, 5.41) is 6.44. The van der Waals surface area contributed by atoms with E-state index in [0.29, 0.717) is 23.8 Å². The molecule has 0 amide bonds. The molecule has 6 heteroatoms. The van der Waals surface area contributed by atoms with Gasteiger partial charge in [0.25, 0.3) is 0 Å². The number of nitrogens with zero attached hydrogens (tertiary/aromatic N) is 2. The molecule has 0 aliphatic heterocycles. The minimum absolute atomic E-state index is 0.110. The lowest BCUT2D eigenvalue weighted by Gasteiger charge is -2.22. The molecule has 1 heterocycles. The maximum absolute atomic E-state index is 12.1. The molecule has 0 atom stereocenters. The van der Waals surface area contributed by atoms with Gasteiger partial charge in [-0.1, -0.05) is 12.1 Å². The van der Waals surface area contributed by atoms with Crippen LogP contribution in [0.25, 0.3) is 0 Å². The van der Waals surface area contributed by atoms with E-state index < -0.39 is 0 Å². The number of nitrogens with one attached hydrogen (secondary N) is 2. The number of hydrogen-bond acceptors (Lipinski definition) is 6. The molecule has 0 fully saturated rings. The number of benzene rings is 1. The highest BCUT2D eigenvalue weighted by Gasteiger charge is 2.15. The molecule has 128 valence electrons. The summed E-state index contributed by atoms with van der Waals surface area (Å²) in [6.07, 6.45) is 0. The van der Waals surface area contributed by atoms with E-state index in [0.717, 1.165) is 11.5 Å². The summed E-state index contributed by atoms with van der Waals surface area (Å²) >= 11 is 0. The van der Waals surface area contributed by atoms with Gasteiger partial charge >= 0.3 is 5.97 Å². The molecular weight excluding hydrogens is 304 g/mol. The third-order valence-electron chi connectivity index (χ3n) is 3.03. The van der Waals surface area contributed by atoms with Crippen LogP contribution in [-0.2, 0) is 4.74 Å². The van der Waals surface area contributed by atoms with Crippen LogP contribution in [0, 0.1) is 6.92 Å².